The fourth-order valence-corrected chi connectivity index (χ4v) is 3.60. The van der Waals surface area contributed by atoms with Gasteiger partial charge in [-0.25, -0.2) is 4.98 Å². The van der Waals surface area contributed by atoms with Gasteiger partial charge in [-0.05, 0) is 30.2 Å². The Bertz CT molecular complexity index is 830. The number of fused-ring (bicyclic) bond motifs is 1. The van der Waals surface area contributed by atoms with Gasteiger partial charge in [0, 0.05) is 0 Å². The van der Waals surface area contributed by atoms with Crippen molar-refractivity contribution < 1.29 is 9.53 Å². The van der Waals surface area contributed by atoms with Crippen molar-refractivity contribution in [3.8, 4) is 5.75 Å². The maximum absolute atomic E-state index is 12.7. The molecular weight excluding hydrogens is 320 g/mol. The molecule has 0 aliphatic carbocycles. The molecule has 1 N–H and O–H groups in total. The summed E-state index contributed by atoms with van der Waals surface area (Å²) < 4.78 is 6.23. The monoisotopic (exact) mass is 340 g/mol. The van der Waals surface area contributed by atoms with Gasteiger partial charge < -0.3 is 10.1 Å². The minimum atomic E-state index is -0.155. The first kappa shape index (κ1) is 16.5. The molecule has 0 fully saturated rings. The molecule has 0 unspecified atom stereocenters. The number of ether oxygens (including phenoxy) is 1. The van der Waals surface area contributed by atoms with E-state index in [4.69, 9.17) is 4.74 Å². The van der Waals surface area contributed by atoms with Crippen molar-refractivity contribution in [2.45, 2.75) is 25.7 Å². The van der Waals surface area contributed by atoms with Gasteiger partial charge in [-0.15, -0.1) is 0 Å². The Balaban J connectivity index is 1.82. The summed E-state index contributed by atoms with van der Waals surface area (Å²) in [5.41, 5.74) is 1.91. The quantitative estimate of drug-likeness (QED) is 0.699. The number of amides is 1. The van der Waals surface area contributed by atoms with Crippen LogP contribution in [0.5, 0.6) is 5.75 Å². The number of aromatic nitrogens is 1. The molecule has 0 aliphatic rings. The molecule has 0 aliphatic heterocycles. The van der Waals surface area contributed by atoms with E-state index in [1.165, 1.54) is 11.3 Å². The molecule has 4 nitrogen and oxygen atoms in total. The second-order valence-electron chi connectivity index (χ2n) is 5.59. The zero-order valence-electron chi connectivity index (χ0n) is 13.8. The highest BCUT2D eigenvalue weighted by atomic mass is 32.1. The molecule has 0 saturated carbocycles. The van der Waals surface area contributed by atoms with Crippen LogP contribution in [0.15, 0.2) is 48.5 Å². The number of hydrogen-bond acceptors (Lipinski definition) is 4. The van der Waals surface area contributed by atoms with Crippen LogP contribution in [0, 0.1) is 0 Å². The molecular formula is C19H20N2O2S. The maximum atomic E-state index is 12.7. The van der Waals surface area contributed by atoms with Crippen LogP contribution in [0.1, 0.15) is 31.2 Å². The fraction of sp³-hybridized carbons (Fsp3) is 0.263. The third kappa shape index (κ3) is 3.57. The van der Waals surface area contributed by atoms with Crippen LogP contribution in [-0.4, -0.2) is 18.0 Å². The molecule has 24 heavy (non-hydrogen) atoms. The van der Waals surface area contributed by atoms with E-state index in [1.807, 2.05) is 48.5 Å². The summed E-state index contributed by atoms with van der Waals surface area (Å²) in [6.45, 7) is 2.09. The summed E-state index contributed by atoms with van der Waals surface area (Å²) in [4.78, 5) is 17.2. The molecule has 0 saturated heterocycles. The van der Waals surface area contributed by atoms with Crippen molar-refractivity contribution in [2.75, 3.05) is 12.4 Å². The van der Waals surface area contributed by atoms with Gasteiger partial charge >= 0.3 is 0 Å². The van der Waals surface area contributed by atoms with Crippen molar-refractivity contribution in [1.82, 2.24) is 4.98 Å². The SMILES string of the molecule is CCC[C@@H](C(=O)Nc1nc2ccc(OC)cc2s1)c1ccccc1. The van der Waals surface area contributed by atoms with Gasteiger partial charge in [0.2, 0.25) is 5.91 Å². The van der Waals surface area contributed by atoms with E-state index in [-0.39, 0.29) is 11.8 Å². The number of thiazole rings is 1. The predicted octanol–water partition coefficient (Wildman–Crippen LogP) is 4.83. The summed E-state index contributed by atoms with van der Waals surface area (Å²) in [5.74, 6) is 0.629. The molecule has 1 aromatic heterocycles. The molecule has 0 bridgehead atoms. The van der Waals surface area contributed by atoms with E-state index in [9.17, 15) is 4.79 Å². The molecule has 124 valence electrons. The molecule has 0 radical (unpaired) electrons. The van der Waals surface area contributed by atoms with Crippen LogP contribution in [0.4, 0.5) is 5.13 Å². The fourth-order valence-electron chi connectivity index (χ4n) is 2.70. The lowest BCUT2D eigenvalue weighted by Gasteiger charge is -2.15. The van der Waals surface area contributed by atoms with E-state index in [2.05, 4.69) is 17.2 Å². The van der Waals surface area contributed by atoms with Gasteiger partial charge in [0.05, 0.1) is 23.2 Å². The number of nitrogens with one attached hydrogen (secondary N) is 1. The number of carbonyl (C=O) groups excluding carboxylic acids is 1. The van der Waals surface area contributed by atoms with Gasteiger partial charge in [0.25, 0.3) is 0 Å². The summed E-state index contributed by atoms with van der Waals surface area (Å²) in [5, 5.41) is 3.61. The highest BCUT2D eigenvalue weighted by molar-refractivity contribution is 7.22. The number of benzene rings is 2. The van der Waals surface area contributed by atoms with Crippen molar-refractivity contribution in [3.05, 3.63) is 54.1 Å². The van der Waals surface area contributed by atoms with Crippen LogP contribution >= 0.6 is 11.3 Å². The van der Waals surface area contributed by atoms with Crippen LogP contribution in [0.25, 0.3) is 10.2 Å². The summed E-state index contributed by atoms with van der Waals surface area (Å²) in [7, 11) is 1.64. The van der Waals surface area contributed by atoms with Gasteiger partial charge in [-0.1, -0.05) is 55.0 Å². The third-order valence-corrected chi connectivity index (χ3v) is 4.86. The van der Waals surface area contributed by atoms with Crippen LogP contribution in [-0.2, 0) is 4.79 Å². The zero-order valence-corrected chi connectivity index (χ0v) is 14.6. The van der Waals surface area contributed by atoms with Crippen LogP contribution in [0.2, 0.25) is 0 Å². The van der Waals surface area contributed by atoms with Crippen molar-refractivity contribution in [3.63, 3.8) is 0 Å². The van der Waals surface area contributed by atoms with E-state index in [0.717, 1.165) is 34.4 Å². The Kier molecular flexibility index (Phi) is 5.11. The Morgan fingerprint density at radius 3 is 2.75 bits per heavy atom. The molecule has 5 heteroatoms. The molecule has 0 spiro atoms. The van der Waals surface area contributed by atoms with Gasteiger partial charge in [-0.3, -0.25) is 4.79 Å². The summed E-state index contributed by atoms with van der Waals surface area (Å²) in [6, 6.07) is 15.6. The van der Waals surface area contributed by atoms with Gasteiger partial charge in [0.15, 0.2) is 5.13 Å². The van der Waals surface area contributed by atoms with E-state index in [0.29, 0.717) is 5.13 Å². The van der Waals surface area contributed by atoms with Crippen LogP contribution < -0.4 is 10.1 Å². The molecule has 1 heterocycles. The number of anilines is 1. The Hall–Kier alpha value is -2.40. The van der Waals surface area contributed by atoms with E-state index in [1.54, 1.807) is 7.11 Å². The minimum Gasteiger partial charge on any atom is -0.497 e. The average Bonchev–Trinajstić information content (AvgIpc) is 3.01. The smallest absolute Gasteiger partial charge is 0.233 e. The summed E-state index contributed by atoms with van der Waals surface area (Å²) in [6.07, 6.45) is 1.76. The summed E-state index contributed by atoms with van der Waals surface area (Å²) >= 11 is 1.46. The van der Waals surface area contributed by atoms with Crippen molar-refractivity contribution in [2.24, 2.45) is 0 Å². The first-order valence-electron chi connectivity index (χ1n) is 8.01. The number of carbonyl (C=O) groups is 1. The number of methoxy groups -OCH3 is 1. The Labute approximate surface area is 145 Å². The molecule has 1 atom stereocenters. The molecule has 1 amide bonds. The highest BCUT2D eigenvalue weighted by Gasteiger charge is 2.20. The number of hydrogen-bond donors (Lipinski definition) is 1. The van der Waals surface area contributed by atoms with Crippen LogP contribution in [0.3, 0.4) is 0 Å². The third-order valence-electron chi connectivity index (χ3n) is 3.92. The van der Waals surface area contributed by atoms with E-state index < -0.39 is 0 Å². The second-order valence-corrected chi connectivity index (χ2v) is 6.62. The lowest BCUT2D eigenvalue weighted by atomic mass is 9.94. The second kappa shape index (κ2) is 7.45. The minimum absolute atomic E-state index is 0.00549. The zero-order chi connectivity index (χ0) is 16.9. The number of rotatable bonds is 6. The topological polar surface area (TPSA) is 51.2 Å². The maximum Gasteiger partial charge on any atom is 0.233 e. The first-order chi connectivity index (χ1) is 11.7. The average molecular weight is 340 g/mol. The Morgan fingerprint density at radius 2 is 2.04 bits per heavy atom. The predicted molar refractivity (Wildman–Crippen MR) is 98.9 cm³/mol. The standard InChI is InChI=1S/C19H20N2O2S/c1-3-7-15(13-8-5-4-6-9-13)18(22)21-19-20-16-11-10-14(23-2)12-17(16)24-19/h4-6,8-12,15H,3,7H2,1-2H3,(H,20,21,22)/t15-/m1/s1. The highest BCUT2D eigenvalue weighted by Crippen LogP contribution is 2.30. The lowest BCUT2D eigenvalue weighted by Crippen LogP contribution is -2.21. The normalized spacial score (nSPS) is 12.1. The first-order valence-corrected chi connectivity index (χ1v) is 8.83. The number of nitrogens with zero attached hydrogens (tertiary/aromatic N) is 1. The molecule has 2 aromatic carbocycles. The molecule has 3 rings (SSSR count). The lowest BCUT2D eigenvalue weighted by molar-refractivity contribution is -0.117. The van der Waals surface area contributed by atoms with Gasteiger partial charge in [0.1, 0.15) is 5.75 Å². The van der Waals surface area contributed by atoms with Gasteiger partial charge in [-0.2, -0.15) is 0 Å². The molecule has 3 aromatic rings. The van der Waals surface area contributed by atoms with Crippen molar-refractivity contribution in [1.29, 1.82) is 0 Å². The van der Waals surface area contributed by atoms with Crippen molar-refractivity contribution >= 4 is 32.6 Å². The van der Waals surface area contributed by atoms with E-state index >= 15 is 0 Å². The Morgan fingerprint density at radius 1 is 1.25 bits per heavy atom. The largest absolute Gasteiger partial charge is 0.497 e.